The van der Waals surface area contributed by atoms with Gasteiger partial charge in [0.1, 0.15) is 5.75 Å². The molecule has 0 fully saturated rings. The summed E-state index contributed by atoms with van der Waals surface area (Å²) >= 11 is 0. The van der Waals surface area contributed by atoms with E-state index in [4.69, 9.17) is 5.73 Å². The Labute approximate surface area is 144 Å². The first-order chi connectivity index (χ1) is 10.8. The topological polar surface area (TPSA) is 93.0 Å². The highest BCUT2D eigenvalue weighted by molar-refractivity contribution is 5.99. The first-order valence-electron chi connectivity index (χ1n) is 6.92. The number of nitrogens with zero attached hydrogens (tertiary/aromatic N) is 1. The molecule has 0 aliphatic heterocycles. The fourth-order valence-electron chi connectivity index (χ4n) is 1.91. The Kier molecular flexibility index (Phi) is 6.68. The number of alkyl halides is 2. The predicted octanol–water partition coefficient (Wildman–Crippen LogP) is 2.57. The van der Waals surface area contributed by atoms with E-state index in [2.05, 4.69) is 20.3 Å². The van der Waals surface area contributed by atoms with Crippen molar-refractivity contribution in [2.75, 3.05) is 6.54 Å². The number of H-pyrrole nitrogens is 1. The van der Waals surface area contributed by atoms with Crippen molar-refractivity contribution in [1.82, 2.24) is 15.5 Å². The van der Waals surface area contributed by atoms with E-state index < -0.39 is 12.2 Å². The molecular weight excluding hydrogens is 342 g/mol. The number of amides is 1. The second kappa shape index (κ2) is 8.07. The lowest BCUT2D eigenvalue weighted by atomic mass is 10.1. The lowest BCUT2D eigenvalue weighted by molar-refractivity contribution is -0.0498. The average molecular weight is 361 g/mol. The molecule has 0 bridgehead atoms. The molecule has 0 atom stereocenters. The van der Waals surface area contributed by atoms with E-state index in [0.29, 0.717) is 16.8 Å². The molecular formula is C15H19ClF2N4O2. The molecule has 1 heterocycles. The van der Waals surface area contributed by atoms with Crippen molar-refractivity contribution in [2.24, 2.45) is 5.73 Å². The third kappa shape index (κ3) is 5.47. The second-order valence-electron chi connectivity index (χ2n) is 5.74. The monoisotopic (exact) mass is 360 g/mol. The number of nitrogens with two attached hydrogens (primary N) is 1. The maximum absolute atomic E-state index is 12.3. The number of halogens is 3. The van der Waals surface area contributed by atoms with Gasteiger partial charge < -0.3 is 15.8 Å². The SMILES string of the molecule is CC(C)(N)CNC(=O)c1cn[nH]c1-c1cccc(OC(F)F)c1.Cl. The van der Waals surface area contributed by atoms with Crippen molar-refractivity contribution in [2.45, 2.75) is 26.0 Å². The zero-order valence-electron chi connectivity index (χ0n) is 13.2. The molecule has 2 aromatic rings. The van der Waals surface area contributed by atoms with Crippen LogP contribution in [0.1, 0.15) is 24.2 Å². The van der Waals surface area contributed by atoms with Gasteiger partial charge in [0, 0.05) is 17.6 Å². The third-order valence-electron chi connectivity index (χ3n) is 2.94. The second-order valence-corrected chi connectivity index (χ2v) is 5.74. The van der Waals surface area contributed by atoms with E-state index in [-0.39, 0.29) is 30.6 Å². The van der Waals surface area contributed by atoms with Crippen LogP contribution in [0, 0.1) is 0 Å². The summed E-state index contributed by atoms with van der Waals surface area (Å²) in [5, 5.41) is 9.25. The van der Waals surface area contributed by atoms with Crippen LogP contribution < -0.4 is 15.8 Å². The summed E-state index contributed by atoms with van der Waals surface area (Å²) in [7, 11) is 0. The maximum Gasteiger partial charge on any atom is 0.387 e. The van der Waals surface area contributed by atoms with Crippen LogP contribution >= 0.6 is 12.4 Å². The van der Waals surface area contributed by atoms with Crippen LogP contribution in [-0.2, 0) is 0 Å². The van der Waals surface area contributed by atoms with Crippen LogP contribution in [0.4, 0.5) is 8.78 Å². The number of benzene rings is 1. The Morgan fingerprint density at radius 3 is 2.79 bits per heavy atom. The van der Waals surface area contributed by atoms with E-state index in [1.807, 2.05) is 0 Å². The smallest absolute Gasteiger partial charge is 0.387 e. The predicted molar refractivity (Wildman–Crippen MR) is 88.5 cm³/mol. The first-order valence-corrected chi connectivity index (χ1v) is 6.92. The van der Waals surface area contributed by atoms with Crippen LogP contribution in [0.15, 0.2) is 30.5 Å². The Balaban J connectivity index is 0.00000288. The van der Waals surface area contributed by atoms with Crippen LogP contribution in [0.2, 0.25) is 0 Å². The van der Waals surface area contributed by atoms with Gasteiger partial charge in [-0.3, -0.25) is 9.89 Å². The number of rotatable bonds is 6. The van der Waals surface area contributed by atoms with E-state index in [1.54, 1.807) is 26.0 Å². The van der Waals surface area contributed by atoms with Crippen LogP contribution in [0.25, 0.3) is 11.3 Å². The Morgan fingerprint density at radius 2 is 2.17 bits per heavy atom. The molecule has 24 heavy (non-hydrogen) atoms. The minimum atomic E-state index is -2.92. The van der Waals surface area contributed by atoms with Crippen molar-refractivity contribution in [3.05, 3.63) is 36.0 Å². The summed E-state index contributed by atoms with van der Waals surface area (Å²) in [5.74, 6) is -0.353. The number of ether oxygens (including phenoxy) is 1. The number of nitrogens with one attached hydrogen (secondary N) is 2. The Bertz CT molecular complexity index is 686. The van der Waals surface area contributed by atoms with E-state index in [1.165, 1.54) is 18.3 Å². The third-order valence-corrected chi connectivity index (χ3v) is 2.94. The van der Waals surface area contributed by atoms with Crippen LogP contribution in [0.3, 0.4) is 0 Å². The summed E-state index contributed by atoms with van der Waals surface area (Å²) in [6.07, 6.45) is 1.37. The van der Waals surface area contributed by atoms with Crippen molar-refractivity contribution in [1.29, 1.82) is 0 Å². The molecule has 0 radical (unpaired) electrons. The highest BCUT2D eigenvalue weighted by Crippen LogP contribution is 2.26. The van der Waals surface area contributed by atoms with Crippen molar-refractivity contribution >= 4 is 18.3 Å². The van der Waals surface area contributed by atoms with E-state index in [9.17, 15) is 13.6 Å². The van der Waals surface area contributed by atoms with Gasteiger partial charge in [0.2, 0.25) is 0 Å². The minimum absolute atomic E-state index is 0. The zero-order chi connectivity index (χ0) is 17.0. The standard InChI is InChI=1S/C15H18F2N4O2.ClH/c1-15(2,18)8-19-13(22)11-7-20-21-12(11)9-4-3-5-10(6-9)23-14(16)17;/h3-7,14H,8,18H2,1-2H3,(H,19,22)(H,20,21);1H. The normalized spacial score (nSPS) is 11.1. The van der Waals surface area contributed by atoms with Crippen molar-refractivity contribution in [3.63, 3.8) is 0 Å². The van der Waals surface area contributed by atoms with E-state index >= 15 is 0 Å². The molecule has 4 N–H and O–H groups in total. The number of hydrogen-bond donors (Lipinski definition) is 3. The van der Waals surface area contributed by atoms with E-state index in [0.717, 1.165) is 0 Å². The lowest BCUT2D eigenvalue weighted by Gasteiger charge is -2.18. The summed E-state index contributed by atoms with van der Waals surface area (Å²) in [6, 6.07) is 6.03. The summed E-state index contributed by atoms with van der Waals surface area (Å²) in [4.78, 5) is 12.2. The molecule has 9 heteroatoms. The molecule has 0 unspecified atom stereocenters. The van der Waals surface area contributed by atoms with Gasteiger partial charge in [0.25, 0.3) is 5.91 Å². The molecule has 1 aromatic heterocycles. The van der Waals surface area contributed by atoms with Crippen LogP contribution in [-0.4, -0.2) is 34.8 Å². The van der Waals surface area contributed by atoms with Gasteiger partial charge >= 0.3 is 6.61 Å². The highest BCUT2D eigenvalue weighted by Gasteiger charge is 2.18. The fraction of sp³-hybridized carbons (Fsp3) is 0.333. The van der Waals surface area contributed by atoms with Gasteiger partial charge in [-0.15, -0.1) is 12.4 Å². The molecule has 1 amide bonds. The number of carbonyl (C=O) groups excluding carboxylic acids is 1. The fourth-order valence-corrected chi connectivity index (χ4v) is 1.91. The summed E-state index contributed by atoms with van der Waals surface area (Å²) in [5.41, 5.74) is 6.50. The zero-order valence-corrected chi connectivity index (χ0v) is 14.0. The summed E-state index contributed by atoms with van der Waals surface area (Å²) < 4.78 is 29.0. The van der Waals surface area contributed by atoms with Crippen LogP contribution in [0.5, 0.6) is 5.75 Å². The molecule has 0 aliphatic rings. The molecule has 1 aromatic carbocycles. The van der Waals surface area contributed by atoms with Gasteiger partial charge in [-0.1, -0.05) is 12.1 Å². The first kappa shape index (κ1) is 19.9. The van der Waals surface area contributed by atoms with Gasteiger partial charge in [0.15, 0.2) is 0 Å². The molecule has 6 nitrogen and oxygen atoms in total. The molecule has 0 saturated heterocycles. The molecule has 132 valence electrons. The van der Waals surface area contributed by atoms with Gasteiger partial charge in [-0.05, 0) is 26.0 Å². The molecule has 0 aliphatic carbocycles. The van der Waals surface area contributed by atoms with Gasteiger partial charge in [-0.2, -0.15) is 13.9 Å². The van der Waals surface area contributed by atoms with Gasteiger partial charge in [-0.25, -0.2) is 0 Å². The van der Waals surface area contributed by atoms with Gasteiger partial charge in [0.05, 0.1) is 17.5 Å². The molecule has 2 rings (SSSR count). The maximum atomic E-state index is 12.3. The molecule has 0 saturated carbocycles. The number of aromatic nitrogens is 2. The quantitative estimate of drug-likeness (QED) is 0.738. The Morgan fingerprint density at radius 1 is 1.46 bits per heavy atom. The van der Waals surface area contributed by atoms with Crippen molar-refractivity contribution < 1.29 is 18.3 Å². The number of carbonyl (C=O) groups is 1. The highest BCUT2D eigenvalue weighted by atomic mass is 35.5. The number of aromatic amines is 1. The summed E-state index contributed by atoms with van der Waals surface area (Å²) in [6.45, 7) is 0.940. The Hall–Kier alpha value is -2.19. The lowest BCUT2D eigenvalue weighted by Crippen LogP contribution is -2.45. The minimum Gasteiger partial charge on any atom is -0.435 e. The molecule has 0 spiro atoms. The number of hydrogen-bond acceptors (Lipinski definition) is 4. The average Bonchev–Trinajstić information content (AvgIpc) is 2.93. The van der Waals surface area contributed by atoms with Crippen molar-refractivity contribution in [3.8, 4) is 17.0 Å². The largest absolute Gasteiger partial charge is 0.435 e.